The normalized spacial score (nSPS) is 10.6. The van der Waals surface area contributed by atoms with E-state index in [-0.39, 0.29) is 22.9 Å². The molecule has 0 aliphatic heterocycles. The molecule has 0 atom stereocenters. The van der Waals surface area contributed by atoms with Gasteiger partial charge in [-0.1, -0.05) is 23.8 Å². The third kappa shape index (κ3) is 5.09. The van der Waals surface area contributed by atoms with Crippen LogP contribution < -0.4 is 4.74 Å². The van der Waals surface area contributed by atoms with Crippen molar-refractivity contribution in [2.75, 3.05) is 6.61 Å². The third-order valence-electron chi connectivity index (χ3n) is 3.27. The van der Waals surface area contributed by atoms with Crippen LogP contribution in [-0.4, -0.2) is 17.5 Å². The molecule has 2 aromatic carbocycles. The molecule has 0 fully saturated rings. The van der Waals surface area contributed by atoms with E-state index in [9.17, 15) is 14.3 Å². The average molecular weight is 326 g/mol. The molecule has 1 N–H and O–H groups in total. The number of ether oxygens (including phenoxy) is 1. The predicted molar refractivity (Wildman–Crippen MR) is 92.8 cm³/mol. The molecule has 124 valence electrons. The van der Waals surface area contributed by atoms with Crippen molar-refractivity contribution in [1.82, 2.24) is 0 Å². The van der Waals surface area contributed by atoms with Crippen LogP contribution in [0.15, 0.2) is 60.2 Å². The highest BCUT2D eigenvalue weighted by molar-refractivity contribution is 6.08. The number of hydrogen-bond donors (Lipinski definition) is 1. The monoisotopic (exact) mass is 326 g/mol. The molecule has 4 heteroatoms. The molecule has 0 radical (unpaired) electrons. The van der Waals surface area contributed by atoms with Gasteiger partial charge in [0.25, 0.3) is 0 Å². The zero-order chi connectivity index (χ0) is 17.5. The highest BCUT2D eigenvalue weighted by Crippen LogP contribution is 2.24. The van der Waals surface area contributed by atoms with Crippen molar-refractivity contribution in [3.8, 4) is 11.5 Å². The SMILES string of the molecule is CC(C)=CCOc1ccc(C(=O)C=Cc2ccc(F)cc2)c(O)c1. The summed E-state index contributed by atoms with van der Waals surface area (Å²) in [5, 5.41) is 10.0. The minimum atomic E-state index is -0.340. The van der Waals surface area contributed by atoms with Crippen molar-refractivity contribution < 1.29 is 19.0 Å². The van der Waals surface area contributed by atoms with Crippen LogP contribution in [0.25, 0.3) is 6.08 Å². The minimum Gasteiger partial charge on any atom is -0.507 e. The van der Waals surface area contributed by atoms with Gasteiger partial charge < -0.3 is 9.84 Å². The Balaban J connectivity index is 2.06. The lowest BCUT2D eigenvalue weighted by molar-refractivity contribution is 0.104. The summed E-state index contributed by atoms with van der Waals surface area (Å²) in [5.74, 6) is -0.324. The van der Waals surface area contributed by atoms with Crippen LogP contribution in [0.3, 0.4) is 0 Å². The maximum Gasteiger partial charge on any atom is 0.189 e. The second kappa shape index (κ2) is 8.11. The molecule has 0 unspecified atom stereocenters. The summed E-state index contributed by atoms with van der Waals surface area (Å²) >= 11 is 0. The number of hydrogen-bond acceptors (Lipinski definition) is 3. The van der Waals surface area contributed by atoms with Gasteiger partial charge in [-0.2, -0.15) is 0 Å². The smallest absolute Gasteiger partial charge is 0.189 e. The van der Waals surface area contributed by atoms with Crippen molar-refractivity contribution in [3.63, 3.8) is 0 Å². The lowest BCUT2D eigenvalue weighted by atomic mass is 10.1. The molecule has 0 saturated carbocycles. The topological polar surface area (TPSA) is 46.5 Å². The predicted octanol–water partition coefficient (Wildman–Crippen LogP) is 4.77. The van der Waals surface area contributed by atoms with E-state index in [2.05, 4.69) is 0 Å². The van der Waals surface area contributed by atoms with Crippen molar-refractivity contribution >= 4 is 11.9 Å². The first-order valence-electron chi connectivity index (χ1n) is 7.53. The van der Waals surface area contributed by atoms with Gasteiger partial charge in [0.1, 0.15) is 23.9 Å². The Morgan fingerprint density at radius 2 is 1.88 bits per heavy atom. The molecular weight excluding hydrogens is 307 g/mol. The largest absolute Gasteiger partial charge is 0.507 e. The summed E-state index contributed by atoms with van der Waals surface area (Å²) in [5.41, 5.74) is 2.02. The Bertz CT molecular complexity index is 770. The number of carbonyl (C=O) groups is 1. The zero-order valence-corrected chi connectivity index (χ0v) is 13.6. The van der Waals surface area contributed by atoms with Crippen molar-refractivity contribution in [1.29, 1.82) is 0 Å². The minimum absolute atomic E-state index is 0.140. The zero-order valence-electron chi connectivity index (χ0n) is 13.6. The Hall–Kier alpha value is -2.88. The van der Waals surface area contributed by atoms with Gasteiger partial charge in [-0.15, -0.1) is 0 Å². The Labute approximate surface area is 140 Å². The van der Waals surface area contributed by atoms with Crippen LogP contribution in [0.4, 0.5) is 4.39 Å². The Morgan fingerprint density at radius 3 is 2.50 bits per heavy atom. The Morgan fingerprint density at radius 1 is 1.17 bits per heavy atom. The van der Waals surface area contributed by atoms with Gasteiger partial charge in [0.2, 0.25) is 0 Å². The first-order chi connectivity index (χ1) is 11.5. The van der Waals surface area contributed by atoms with Gasteiger partial charge >= 0.3 is 0 Å². The lowest BCUT2D eigenvalue weighted by Crippen LogP contribution is -1.98. The fourth-order valence-electron chi connectivity index (χ4n) is 1.95. The second-order valence-corrected chi connectivity index (χ2v) is 5.52. The summed E-state index contributed by atoms with van der Waals surface area (Å²) in [6.45, 7) is 4.34. The van der Waals surface area contributed by atoms with Crippen LogP contribution in [0.5, 0.6) is 11.5 Å². The summed E-state index contributed by atoms with van der Waals surface area (Å²) in [7, 11) is 0. The number of halogens is 1. The van der Waals surface area contributed by atoms with Crippen molar-refractivity contribution in [2.45, 2.75) is 13.8 Å². The number of allylic oxidation sites excluding steroid dienone is 2. The van der Waals surface area contributed by atoms with E-state index in [0.29, 0.717) is 17.9 Å². The summed E-state index contributed by atoms with van der Waals surface area (Å²) in [4.78, 5) is 12.1. The number of rotatable bonds is 6. The molecule has 24 heavy (non-hydrogen) atoms. The highest BCUT2D eigenvalue weighted by atomic mass is 19.1. The molecule has 0 spiro atoms. The molecule has 0 heterocycles. The number of ketones is 1. The van der Waals surface area contributed by atoms with E-state index in [1.807, 2.05) is 19.9 Å². The number of aromatic hydroxyl groups is 1. The number of phenolic OH excluding ortho intramolecular Hbond substituents is 1. The third-order valence-corrected chi connectivity index (χ3v) is 3.27. The van der Waals surface area contributed by atoms with Gasteiger partial charge in [-0.05, 0) is 55.8 Å². The molecule has 2 rings (SSSR count). The summed E-state index contributed by atoms with van der Waals surface area (Å²) < 4.78 is 18.3. The van der Waals surface area contributed by atoms with Crippen LogP contribution in [-0.2, 0) is 0 Å². The Kier molecular flexibility index (Phi) is 5.90. The van der Waals surface area contributed by atoms with Crippen LogP contribution >= 0.6 is 0 Å². The maximum atomic E-state index is 12.8. The van der Waals surface area contributed by atoms with E-state index in [0.717, 1.165) is 5.57 Å². The fraction of sp³-hybridized carbons (Fsp3) is 0.150. The first kappa shape index (κ1) is 17.5. The number of benzene rings is 2. The molecule has 3 nitrogen and oxygen atoms in total. The van der Waals surface area contributed by atoms with E-state index in [1.54, 1.807) is 24.3 Å². The van der Waals surface area contributed by atoms with Gasteiger partial charge in [0, 0.05) is 6.07 Å². The molecule has 0 aliphatic rings. The summed E-state index contributed by atoms with van der Waals surface area (Å²) in [6.07, 6.45) is 4.83. The van der Waals surface area contributed by atoms with Crippen molar-refractivity contribution in [2.24, 2.45) is 0 Å². The van der Waals surface area contributed by atoms with Gasteiger partial charge in [-0.25, -0.2) is 4.39 Å². The van der Waals surface area contributed by atoms with E-state index < -0.39 is 0 Å². The highest BCUT2D eigenvalue weighted by Gasteiger charge is 2.09. The van der Waals surface area contributed by atoms with Crippen molar-refractivity contribution in [3.05, 3.63) is 77.1 Å². The van der Waals surface area contributed by atoms with Gasteiger partial charge in [0.05, 0.1) is 5.56 Å². The standard InChI is InChI=1S/C20H19FO3/c1-14(2)11-12-24-17-8-9-18(20(23)13-17)19(22)10-5-15-3-6-16(21)7-4-15/h3-11,13,23H,12H2,1-2H3. The number of carbonyl (C=O) groups excluding carboxylic acids is 1. The van der Waals surface area contributed by atoms with Crippen LogP contribution in [0, 0.1) is 5.82 Å². The van der Waals surface area contributed by atoms with Crippen LogP contribution in [0.1, 0.15) is 29.8 Å². The summed E-state index contributed by atoms with van der Waals surface area (Å²) in [6, 6.07) is 10.3. The molecule has 0 aliphatic carbocycles. The van der Waals surface area contributed by atoms with E-state index >= 15 is 0 Å². The van der Waals surface area contributed by atoms with E-state index in [1.165, 1.54) is 30.3 Å². The maximum absolute atomic E-state index is 12.8. The first-order valence-corrected chi connectivity index (χ1v) is 7.53. The van der Waals surface area contributed by atoms with E-state index in [4.69, 9.17) is 4.74 Å². The fourth-order valence-corrected chi connectivity index (χ4v) is 1.95. The lowest BCUT2D eigenvalue weighted by Gasteiger charge is -2.06. The van der Waals surface area contributed by atoms with Crippen LogP contribution in [0.2, 0.25) is 0 Å². The molecule has 0 aromatic heterocycles. The molecule has 0 amide bonds. The molecule has 0 saturated heterocycles. The molecule has 2 aromatic rings. The molecule has 0 bridgehead atoms. The average Bonchev–Trinajstić information content (AvgIpc) is 2.54. The molecular formula is C20H19FO3. The quantitative estimate of drug-likeness (QED) is 0.472. The number of phenols is 1. The van der Waals surface area contributed by atoms with Gasteiger partial charge in [0.15, 0.2) is 5.78 Å². The van der Waals surface area contributed by atoms with Gasteiger partial charge in [-0.3, -0.25) is 4.79 Å². The second-order valence-electron chi connectivity index (χ2n) is 5.52.